The molecule has 0 aromatic heterocycles. The highest BCUT2D eigenvalue weighted by Gasteiger charge is 2.33. The summed E-state index contributed by atoms with van der Waals surface area (Å²) in [4.78, 5) is 37.0. The second-order valence-corrected chi connectivity index (χ2v) is 8.50. The summed E-state index contributed by atoms with van der Waals surface area (Å²) < 4.78 is 31.8. The molecule has 3 rings (SSSR count). The minimum Gasteiger partial charge on any atom is -0.439 e. The van der Waals surface area contributed by atoms with Gasteiger partial charge in [0.05, 0.1) is 24.0 Å². The Morgan fingerprint density at radius 1 is 1.13 bits per heavy atom. The summed E-state index contributed by atoms with van der Waals surface area (Å²) in [6, 6.07) is 14.3. The lowest BCUT2D eigenvalue weighted by atomic mass is 10.1. The van der Waals surface area contributed by atoms with Crippen LogP contribution in [0.15, 0.2) is 59.5 Å². The fourth-order valence-corrected chi connectivity index (χ4v) is 4.02. The van der Waals surface area contributed by atoms with Crippen LogP contribution in [-0.2, 0) is 24.3 Å². The van der Waals surface area contributed by atoms with Crippen molar-refractivity contribution in [1.29, 1.82) is 0 Å². The van der Waals surface area contributed by atoms with E-state index < -0.39 is 40.5 Å². The molecule has 2 aromatic carbocycles. The van der Waals surface area contributed by atoms with Gasteiger partial charge in [-0.3, -0.25) is 9.59 Å². The maximum absolute atomic E-state index is 12.5. The summed E-state index contributed by atoms with van der Waals surface area (Å²) in [5.41, 5.74) is 1.42. The summed E-state index contributed by atoms with van der Waals surface area (Å²) in [5.74, 6) is -1.12. The summed E-state index contributed by atoms with van der Waals surface area (Å²) in [7, 11) is -3.87. The number of nitrogens with one attached hydrogen (secondary N) is 2. The number of carbonyl (C=O) groups is 3. The third kappa shape index (κ3) is 5.22. The van der Waals surface area contributed by atoms with E-state index in [0.29, 0.717) is 5.56 Å². The number of aryl methyl sites for hydroxylation is 1. The van der Waals surface area contributed by atoms with E-state index in [1.807, 2.05) is 0 Å². The number of cyclic esters (lactones) is 1. The highest BCUT2D eigenvalue weighted by Crippen LogP contribution is 2.17. The van der Waals surface area contributed by atoms with Crippen molar-refractivity contribution in [3.63, 3.8) is 0 Å². The van der Waals surface area contributed by atoms with Gasteiger partial charge in [0, 0.05) is 0 Å². The van der Waals surface area contributed by atoms with Gasteiger partial charge in [-0.25, -0.2) is 22.8 Å². The number of rotatable bonds is 8. The number of benzene rings is 2. The van der Waals surface area contributed by atoms with Gasteiger partial charge in [0.25, 0.3) is 5.91 Å². The molecule has 158 valence electrons. The number of ether oxygens (including phenoxy) is 1. The smallest absolute Gasteiger partial charge is 0.417 e. The Morgan fingerprint density at radius 3 is 2.50 bits per heavy atom. The number of imide groups is 1. The van der Waals surface area contributed by atoms with Crippen LogP contribution in [0, 0.1) is 6.92 Å². The summed E-state index contributed by atoms with van der Waals surface area (Å²) >= 11 is 0. The SMILES string of the molecule is Cc1cccc(S(=O)(=O)NCC(=O)NC(CN2C(=O)COC2=O)c2ccccc2)c1. The van der Waals surface area contributed by atoms with Crippen molar-refractivity contribution in [2.75, 3.05) is 19.7 Å². The van der Waals surface area contributed by atoms with Gasteiger partial charge in [-0.1, -0.05) is 42.5 Å². The maximum Gasteiger partial charge on any atom is 0.417 e. The van der Waals surface area contributed by atoms with Crippen LogP contribution < -0.4 is 10.0 Å². The molecule has 1 aliphatic rings. The molecule has 0 radical (unpaired) electrons. The molecular weight excluding hydrogens is 410 g/mol. The monoisotopic (exact) mass is 431 g/mol. The van der Waals surface area contributed by atoms with Gasteiger partial charge in [0.1, 0.15) is 0 Å². The lowest BCUT2D eigenvalue weighted by Gasteiger charge is -2.23. The Hall–Kier alpha value is -3.24. The van der Waals surface area contributed by atoms with Crippen molar-refractivity contribution in [3.05, 3.63) is 65.7 Å². The molecule has 10 heteroatoms. The van der Waals surface area contributed by atoms with E-state index in [1.54, 1.807) is 49.4 Å². The van der Waals surface area contributed by atoms with E-state index in [2.05, 4.69) is 10.0 Å². The predicted octanol–water partition coefficient (Wildman–Crippen LogP) is 1.11. The first-order chi connectivity index (χ1) is 14.3. The van der Waals surface area contributed by atoms with Crippen molar-refractivity contribution in [3.8, 4) is 0 Å². The average Bonchev–Trinajstić information content (AvgIpc) is 3.04. The molecule has 1 saturated heterocycles. The van der Waals surface area contributed by atoms with Crippen LogP contribution in [0.1, 0.15) is 17.2 Å². The van der Waals surface area contributed by atoms with Crippen LogP contribution in [-0.4, -0.2) is 50.9 Å². The van der Waals surface area contributed by atoms with Gasteiger partial charge < -0.3 is 10.1 Å². The fraction of sp³-hybridized carbons (Fsp3) is 0.250. The second-order valence-electron chi connectivity index (χ2n) is 6.73. The second kappa shape index (κ2) is 9.06. The summed E-state index contributed by atoms with van der Waals surface area (Å²) in [6.07, 6.45) is -0.782. The number of sulfonamides is 1. The number of hydrogen-bond acceptors (Lipinski definition) is 6. The van der Waals surface area contributed by atoms with Crippen LogP contribution in [0.2, 0.25) is 0 Å². The van der Waals surface area contributed by atoms with E-state index in [9.17, 15) is 22.8 Å². The molecule has 0 bridgehead atoms. The van der Waals surface area contributed by atoms with Crippen LogP contribution in [0.4, 0.5) is 4.79 Å². The van der Waals surface area contributed by atoms with Crippen molar-refractivity contribution < 1.29 is 27.5 Å². The Kier molecular flexibility index (Phi) is 6.48. The maximum atomic E-state index is 12.5. The van der Waals surface area contributed by atoms with E-state index in [-0.39, 0.29) is 18.0 Å². The molecule has 0 saturated carbocycles. The molecule has 3 amide bonds. The van der Waals surface area contributed by atoms with Gasteiger partial charge >= 0.3 is 6.09 Å². The molecular formula is C20H21N3O6S. The largest absolute Gasteiger partial charge is 0.439 e. The third-order valence-electron chi connectivity index (χ3n) is 4.47. The predicted molar refractivity (Wildman–Crippen MR) is 107 cm³/mol. The van der Waals surface area contributed by atoms with Crippen molar-refractivity contribution in [2.45, 2.75) is 17.9 Å². The molecule has 1 heterocycles. The molecule has 1 aliphatic heterocycles. The standard InChI is InChI=1S/C20H21N3O6S/c1-14-6-5-9-16(10-14)30(27,28)21-11-18(24)22-17(15-7-3-2-4-8-15)12-23-19(25)13-29-20(23)26/h2-10,17,21H,11-13H2,1H3,(H,22,24). The van der Waals surface area contributed by atoms with Crippen molar-refractivity contribution >= 4 is 27.9 Å². The van der Waals surface area contributed by atoms with Gasteiger partial charge in [0.15, 0.2) is 6.61 Å². The minimum absolute atomic E-state index is 0.0559. The van der Waals surface area contributed by atoms with Crippen LogP contribution >= 0.6 is 0 Å². The Morgan fingerprint density at radius 2 is 1.87 bits per heavy atom. The van der Waals surface area contributed by atoms with E-state index in [4.69, 9.17) is 4.74 Å². The zero-order valence-corrected chi connectivity index (χ0v) is 17.0. The third-order valence-corrected chi connectivity index (χ3v) is 5.86. The molecule has 0 aliphatic carbocycles. The number of nitrogens with zero attached hydrogens (tertiary/aromatic N) is 1. The van der Waals surface area contributed by atoms with E-state index in [1.165, 1.54) is 12.1 Å². The topological polar surface area (TPSA) is 122 Å². The van der Waals surface area contributed by atoms with Crippen LogP contribution in [0.25, 0.3) is 0 Å². The lowest BCUT2D eigenvalue weighted by Crippen LogP contribution is -2.43. The van der Waals surface area contributed by atoms with Crippen LogP contribution in [0.3, 0.4) is 0 Å². The summed E-state index contributed by atoms with van der Waals surface area (Å²) in [6.45, 7) is 0.793. The van der Waals surface area contributed by atoms with Gasteiger partial charge in [-0.15, -0.1) is 0 Å². The lowest BCUT2D eigenvalue weighted by molar-refractivity contribution is -0.127. The van der Waals surface area contributed by atoms with Gasteiger partial charge in [-0.2, -0.15) is 0 Å². The van der Waals surface area contributed by atoms with Crippen LogP contribution in [0.5, 0.6) is 0 Å². The van der Waals surface area contributed by atoms with Crippen molar-refractivity contribution in [1.82, 2.24) is 14.9 Å². The normalized spacial score (nSPS) is 15.0. The minimum atomic E-state index is -3.87. The molecule has 1 fully saturated rings. The molecule has 2 aromatic rings. The number of amides is 3. The highest BCUT2D eigenvalue weighted by atomic mass is 32.2. The first-order valence-electron chi connectivity index (χ1n) is 9.14. The zero-order valence-electron chi connectivity index (χ0n) is 16.2. The Bertz CT molecular complexity index is 1040. The summed E-state index contributed by atoms with van der Waals surface area (Å²) in [5, 5.41) is 2.67. The van der Waals surface area contributed by atoms with Gasteiger partial charge in [-0.05, 0) is 30.2 Å². The quantitative estimate of drug-likeness (QED) is 0.646. The van der Waals surface area contributed by atoms with E-state index in [0.717, 1.165) is 10.5 Å². The number of hydrogen-bond donors (Lipinski definition) is 2. The average molecular weight is 431 g/mol. The van der Waals surface area contributed by atoms with Crippen molar-refractivity contribution in [2.24, 2.45) is 0 Å². The first-order valence-corrected chi connectivity index (χ1v) is 10.6. The molecule has 1 atom stereocenters. The Labute approximate surface area is 174 Å². The molecule has 1 unspecified atom stereocenters. The van der Waals surface area contributed by atoms with Gasteiger partial charge in [0.2, 0.25) is 15.9 Å². The molecule has 9 nitrogen and oxygen atoms in total. The fourth-order valence-electron chi connectivity index (χ4n) is 2.93. The highest BCUT2D eigenvalue weighted by molar-refractivity contribution is 7.89. The zero-order chi connectivity index (χ0) is 21.7. The molecule has 2 N–H and O–H groups in total. The first kappa shape index (κ1) is 21.5. The van der Waals surface area contributed by atoms with E-state index >= 15 is 0 Å². The Balaban J connectivity index is 1.69. The molecule has 0 spiro atoms. The number of carbonyl (C=O) groups excluding carboxylic acids is 3. The molecule has 30 heavy (non-hydrogen) atoms.